The Morgan fingerprint density at radius 2 is 1.72 bits per heavy atom. The standard InChI is InChI=1S/C44H45N11O6/c1-3-18-53-40(58)31-23-45-43(49-38(31)55(53)34-14-8-26-16-17-44(61,4-2)37(26)47-34)46-27-9-11-28(12-10-27)52-24-29(25-52)50-19-21-51(22-20-50)32-7-5-6-30-36(32)42(60)54(41(30)59)33-13-15-35(56)48-39(33)57/h3,5-12,14,23,29,33,61H,1,4,13,15-22,24-25H2,2H3,(H,45,46,49)(H,48,56,57)/t33?,44-/m1/s1. The van der Waals surface area contributed by atoms with E-state index in [1.165, 1.54) is 10.9 Å². The summed E-state index contributed by atoms with van der Waals surface area (Å²) in [6, 6.07) is 16.5. The third kappa shape index (κ3) is 6.37. The highest BCUT2D eigenvalue weighted by Gasteiger charge is 2.46. The highest BCUT2D eigenvalue weighted by molar-refractivity contribution is 6.25. The molecule has 0 bridgehead atoms. The Bertz CT molecular complexity index is 2710. The number of carbonyl (C=O) groups is 4. The Labute approximate surface area is 350 Å². The Morgan fingerprint density at radius 1 is 0.934 bits per heavy atom. The van der Waals surface area contributed by atoms with Crippen LogP contribution in [-0.2, 0) is 28.2 Å². The molecule has 61 heavy (non-hydrogen) atoms. The number of hydrogen-bond acceptors (Lipinski definition) is 13. The van der Waals surface area contributed by atoms with Crippen molar-refractivity contribution in [3.63, 3.8) is 0 Å². The maximum absolute atomic E-state index is 13.7. The first-order valence-electron chi connectivity index (χ1n) is 20.8. The lowest BCUT2D eigenvalue weighted by molar-refractivity contribution is -0.136. The van der Waals surface area contributed by atoms with Gasteiger partial charge in [0, 0.05) is 69.3 Å². The number of anilines is 4. The zero-order valence-electron chi connectivity index (χ0n) is 33.7. The SMILES string of the molecule is C=CCn1c(=O)c2cnc(Nc3ccc(N4CC(N5CCN(c6cccc7c6C(=O)N(C6CCC(=O)NC6=O)C7=O)CC5)C4)cc3)nc2n1-c1ccc2c(n1)[C@@](O)(CC)CC2. The van der Waals surface area contributed by atoms with Crippen LogP contribution in [0.1, 0.15) is 64.6 Å². The zero-order valence-corrected chi connectivity index (χ0v) is 33.7. The van der Waals surface area contributed by atoms with Crippen LogP contribution in [0.2, 0.25) is 0 Å². The molecule has 312 valence electrons. The molecule has 17 nitrogen and oxygen atoms in total. The van der Waals surface area contributed by atoms with Crippen LogP contribution >= 0.6 is 0 Å². The lowest BCUT2D eigenvalue weighted by atomic mass is 9.98. The smallest absolute Gasteiger partial charge is 0.278 e. The van der Waals surface area contributed by atoms with E-state index in [-0.39, 0.29) is 24.9 Å². The third-order valence-electron chi connectivity index (χ3n) is 13.0. The van der Waals surface area contributed by atoms with Crippen molar-refractivity contribution < 1.29 is 24.3 Å². The van der Waals surface area contributed by atoms with Crippen LogP contribution in [0, 0.1) is 0 Å². The van der Waals surface area contributed by atoms with Crippen LogP contribution in [0.3, 0.4) is 0 Å². The monoisotopic (exact) mass is 823 g/mol. The Morgan fingerprint density at radius 3 is 2.46 bits per heavy atom. The number of allylic oxidation sites excluding steroid dienone is 1. The lowest BCUT2D eigenvalue weighted by Gasteiger charge is -2.49. The van der Waals surface area contributed by atoms with E-state index >= 15 is 0 Å². The summed E-state index contributed by atoms with van der Waals surface area (Å²) in [6.45, 7) is 10.7. The molecule has 17 heteroatoms. The first kappa shape index (κ1) is 38.5. The number of carbonyl (C=O) groups excluding carboxylic acids is 4. The maximum atomic E-state index is 13.7. The molecule has 0 saturated carbocycles. The molecule has 1 aliphatic carbocycles. The molecule has 2 atom stereocenters. The van der Waals surface area contributed by atoms with E-state index in [2.05, 4.69) is 49.0 Å². The molecule has 3 N–H and O–H groups in total. The highest BCUT2D eigenvalue weighted by Crippen LogP contribution is 2.39. The lowest BCUT2D eigenvalue weighted by Crippen LogP contribution is -2.63. The van der Waals surface area contributed by atoms with Gasteiger partial charge in [-0.2, -0.15) is 4.98 Å². The molecule has 1 unspecified atom stereocenters. The number of amides is 4. The van der Waals surface area contributed by atoms with Crippen molar-refractivity contribution in [2.24, 2.45) is 0 Å². The van der Waals surface area contributed by atoms with Crippen molar-refractivity contribution in [3.05, 3.63) is 106 Å². The van der Waals surface area contributed by atoms with E-state index in [9.17, 15) is 29.1 Å². The Kier molecular flexibility index (Phi) is 9.32. The number of piperazine rings is 1. The predicted molar refractivity (Wildman–Crippen MR) is 226 cm³/mol. The maximum Gasteiger partial charge on any atom is 0.278 e. The van der Waals surface area contributed by atoms with Crippen LogP contribution in [-0.4, -0.2) is 114 Å². The van der Waals surface area contributed by atoms with Crippen molar-refractivity contribution in [1.29, 1.82) is 0 Å². The molecule has 3 aromatic heterocycles. The number of nitrogens with one attached hydrogen (secondary N) is 2. The van der Waals surface area contributed by atoms with Gasteiger partial charge in [0.2, 0.25) is 17.8 Å². The quantitative estimate of drug-likeness (QED) is 0.138. The fourth-order valence-corrected chi connectivity index (χ4v) is 9.48. The van der Waals surface area contributed by atoms with Crippen LogP contribution in [0.25, 0.3) is 16.9 Å². The Hall–Kier alpha value is -6.72. The van der Waals surface area contributed by atoms with E-state index in [0.717, 1.165) is 54.4 Å². The van der Waals surface area contributed by atoms with Crippen molar-refractivity contribution in [1.82, 2.24) is 39.4 Å². The predicted octanol–water partition coefficient (Wildman–Crippen LogP) is 2.86. The number of rotatable bonds is 10. The highest BCUT2D eigenvalue weighted by atomic mass is 16.3. The van der Waals surface area contributed by atoms with Crippen molar-refractivity contribution >= 4 is 57.7 Å². The van der Waals surface area contributed by atoms with Gasteiger partial charge in [0.1, 0.15) is 17.0 Å². The number of hydrogen-bond donors (Lipinski definition) is 3. The van der Waals surface area contributed by atoms with Gasteiger partial charge < -0.3 is 20.2 Å². The van der Waals surface area contributed by atoms with E-state index in [1.54, 1.807) is 22.9 Å². The first-order valence-corrected chi connectivity index (χ1v) is 20.8. The largest absolute Gasteiger partial charge is 0.384 e. The number of nitrogens with zero attached hydrogens (tertiary/aromatic N) is 9. The van der Waals surface area contributed by atoms with Gasteiger partial charge >= 0.3 is 0 Å². The third-order valence-corrected chi connectivity index (χ3v) is 13.0. The molecule has 3 fully saturated rings. The molecule has 2 aromatic carbocycles. The van der Waals surface area contributed by atoms with Crippen LogP contribution in [0.4, 0.5) is 23.0 Å². The normalized spacial score (nSPS) is 21.8. The average Bonchev–Trinajstić information content (AvgIpc) is 3.83. The van der Waals surface area contributed by atoms with Gasteiger partial charge in [0.15, 0.2) is 11.5 Å². The van der Waals surface area contributed by atoms with Crippen molar-refractivity contribution in [3.8, 4) is 5.82 Å². The summed E-state index contributed by atoms with van der Waals surface area (Å²) in [4.78, 5) is 86.9. The van der Waals surface area contributed by atoms with E-state index in [1.807, 2.05) is 37.3 Å². The number of imide groups is 2. The van der Waals surface area contributed by atoms with Crippen LogP contribution < -0.4 is 26.0 Å². The summed E-state index contributed by atoms with van der Waals surface area (Å²) in [7, 11) is 0. The van der Waals surface area contributed by atoms with Crippen molar-refractivity contribution in [2.45, 2.75) is 63.3 Å². The van der Waals surface area contributed by atoms with E-state index < -0.39 is 35.3 Å². The summed E-state index contributed by atoms with van der Waals surface area (Å²) in [6.07, 6.45) is 5.26. The molecular weight excluding hydrogens is 779 g/mol. The fraction of sp³-hybridized carbons (Fsp3) is 0.364. The second-order valence-electron chi connectivity index (χ2n) is 16.4. The minimum Gasteiger partial charge on any atom is -0.384 e. The number of fused-ring (bicyclic) bond motifs is 3. The van der Waals surface area contributed by atoms with Gasteiger partial charge in [0.25, 0.3) is 17.4 Å². The average molecular weight is 824 g/mol. The van der Waals surface area contributed by atoms with Crippen molar-refractivity contribution in [2.75, 3.05) is 54.4 Å². The van der Waals surface area contributed by atoms with Gasteiger partial charge in [-0.05, 0) is 73.7 Å². The summed E-state index contributed by atoms with van der Waals surface area (Å²) in [5, 5.41) is 17.2. The molecule has 3 saturated heterocycles. The number of pyridine rings is 1. The minimum atomic E-state index is -1.01. The van der Waals surface area contributed by atoms with Gasteiger partial charge in [-0.1, -0.05) is 25.1 Å². The molecule has 7 heterocycles. The second-order valence-corrected chi connectivity index (χ2v) is 16.4. The molecule has 4 aliphatic heterocycles. The molecular formula is C44H45N11O6. The van der Waals surface area contributed by atoms with Gasteiger partial charge in [-0.3, -0.25) is 39.1 Å². The summed E-state index contributed by atoms with van der Waals surface area (Å²) >= 11 is 0. The minimum absolute atomic E-state index is 0.0775. The molecule has 0 radical (unpaired) electrons. The summed E-state index contributed by atoms with van der Waals surface area (Å²) < 4.78 is 3.21. The molecule has 0 spiro atoms. The number of benzene rings is 2. The number of piperidine rings is 1. The molecule has 5 aliphatic rings. The van der Waals surface area contributed by atoms with Gasteiger partial charge in [0.05, 0.1) is 29.1 Å². The van der Waals surface area contributed by atoms with Gasteiger partial charge in [-0.25, -0.2) is 19.3 Å². The van der Waals surface area contributed by atoms with Crippen LogP contribution in [0.15, 0.2) is 78.2 Å². The summed E-state index contributed by atoms with van der Waals surface area (Å²) in [5.41, 5.74) is 3.95. The molecule has 10 rings (SSSR count). The first-order chi connectivity index (χ1) is 29.5. The van der Waals surface area contributed by atoms with Gasteiger partial charge in [-0.15, -0.1) is 6.58 Å². The molecule has 4 amide bonds. The molecule has 5 aromatic rings. The fourth-order valence-electron chi connectivity index (χ4n) is 9.48. The number of aryl methyl sites for hydroxylation is 1. The second kappa shape index (κ2) is 14.8. The topological polar surface area (TPSA) is 191 Å². The number of aliphatic hydroxyl groups is 1. The van der Waals surface area contributed by atoms with Crippen LogP contribution in [0.5, 0.6) is 0 Å². The number of aromatic nitrogens is 5. The summed E-state index contributed by atoms with van der Waals surface area (Å²) in [5.74, 6) is -1.20. The Balaban J connectivity index is 0.783. The van der Waals surface area contributed by atoms with E-state index in [0.29, 0.717) is 77.3 Å². The zero-order chi connectivity index (χ0) is 42.2. The van der Waals surface area contributed by atoms with E-state index in [4.69, 9.17) is 9.97 Å².